The summed E-state index contributed by atoms with van der Waals surface area (Å²) in [6.07, 6.45) is 0. The van der Waals surface area contributed by atoms with Crippen LogP contribution in [0.1, 0.15) is 58.8 Å². The van der Waals surface area contributed by atoms with Crippen LogP contribution in [0.15, 0.2) is 140 Å². The lowest BCUT2D eigenvalue weighted by molar-refractivity contribution is 0.101. The van der Waals surface area contributed by atoms with Gasteiger partial charge in [0.25, 0.3) is 0 Å². The van der Waals surface area contributed by atoms with Gasteiger partial charge in [-0.15, -0.1) is 0 Å². The van der Waals surface area contributed by atoms with Crippen molar-refractivity contribution in [2.75, 3.05) is 0 Å². The van der Waals surface area contributed by atoms with Gasteiger partial charge in [0.05, 0.1) is 5.56 Å². The molecule has 0 amide bonds. The number of carbonyl (C=O) groups is 1. The fourth-order valence-corrected chi connectivity index (χ4v) is 15.5. The highest BCUT2D eigenvalue weighted by Crippen LogP contribution is 2.43. The molecule has 5 aromatic rings. The van der Waals surface area contributed by atoms with Crippen LogP contribution in [0.5, 0.6) is 11.5 Å². The Kier molecular flexibility index (Phi) is 9.06. The molecule has 0 N–H and O–H groups in total. The first kappa shape index (κ1) is 32.2. The zero-order valence-electron chi connectivity index (χ0n) is 27.5. The van der Waals surface area contributed by atoms with Crippen molar-refractivity contribution in [3.05, 3.63) is 145 Å². The van der Waals surface area contributed by atoms with E-state index in [9.17, 15) is 4.79 Å². The predicted octanol–water partition coefficient (Wildman–Crippen LogP) is 7.77. The van der Waals surface area contributed by atoms with E-state index >= 15 is 0 Å². The summed E-state index contributed by atoms with van der Waals surface area (Å²) >= 11 is 0. The van der Waals surface area contributed by atoms with Crippen LogP contribution >= 0.6 is 0 Å². The SMILES string of the molecule is CC(=O)c1c(O[Si](c2ccccc2)(c2ccccc2)C(C)(C)C)cccc1O[Si](c1ccccc1)(c1ccccc1)C(C)(C)C. The Hall–Kier alpha value is -4.20. The summed E-state index contributed by atoms with van der Waals surface area (Å²) in [5, 5.41) is 4.07. The molecule has 0 aliphatic rings. The van der Waals surface area contributed by atoms with Crippen LogP contribution in [-0.2, 0) is 0 Å². The number of Topliss-reactive ketones (excluding diaryl/α,β-unsaturated/α-hetero) is 1. The van der Waals surface area contributed by atoms with Gasteiger partial charge < -0.3 is 8.85 Å². The van der Waals surface area contributed by atoms with E-state index in [0.29, 0.717) is 17.1 Å². The number of rotatable bonds is 9. The molecule has 230 valence electrons. The molecule has 0 aliphatic carbocycles. The fraction of sp³-hybridized carbons (Fsp3) is 0.225. The lowest BCUT2D eigenvalue weighted by Gasteiger charge is -2.44. The summed E-state index contributed by atoms with van der Waals surface area (Å²) in [5.74, 6) is 1.04. The topological polar surface area (TPSA) is 35.5 Å². The Morgan fingerprint density at radius 1 is 0.444 bits per heavy atom. The summed E-state index contributed by atoms with van der Waals surface area (Å²) in [5.41, 5.74) is 0.485. The number of hydrogen-bond donors (Lipinski definition) is 0. The highest BCUT2D eigenvalue weighted by atomic mass is 28.4. The van der Waals surface area contributed by atoms with Gasteiger partial charge in [-0.05, 0) is 49.9 Å². The summed E-state index contributed by atoms with van der Waals surface area (Å²) in [4.78, 5) is 13.8. The van der Waals surface area contributed by atoms with Crippen LogP contribution in [0, 0.1) is 0 Å². The van der Waals surface area contributed by atoms with E-state index in [4.69, 9.17) is 8.85 Å². The maximum Gasteiger partial charge on any atom is 0.319 e. The highest BCUT2D eigenvalue weighted by Gasteiger charge is 2.54. The molecular weight excluding hydrogens is 585 g/mol. The molecule has 0 spiro atoms. The zero-order chi connectivity index (χ0) is 32.3. The minimum absolute atomic E-state index is 0.0866. The molecule has 0 radical (unpaired) electrons. The Morgan fingerprint density at radius 2 is 0.711 bits per heavy atom. The minimum atomic E-state index is -3.01. The van der Waals surface area contributed by atoms with Gasteiger partial charge in [0.1, 0.15) is 11.5 Å². The third-order valence-electron chi connectivity index (χ3n) is 8.70. The average Bonchev–Trinajstić information content (AvgIpc) is 3.03. The van der Waals surface area contributed by atoms with Crippen LogP contribution in [-0.4, -0.2) is 22.4 Å². The molecule has 0 saturated carbocycles. The fourth-order valence-electron chi connectivity index (χ4n) is 6.66. The molecule has 3 nitrogen and oxygen atoms in total. The molecule has 5 aromatic carbocycles. The first-order chi connectivity index (χ1) is 21.4. The molecule has 0 aliphatic heterocycles. The molecule has 0 atom stereocenters. The summed E-state index contributed by atoms with van der Waals surface area (Å²) in [7, 11) is -6.02. The Morgan fingerprint density at radius 3 is 0.933 bits per heavy atom. The third kappa shape index (κ3) is 5.95. The second kappa shape index (κ2) is 12.7. The van der Waals surface area contributed by atoms with Crippen molar-refractivity contribution in [2.45, 2.75) is 58.5 Å². The van der Waals surface area contributed by atoms with Gasteiger partial charge in [-0.25, -0.2) is 0 Å². The van der Waals surface area contributed by atoms with E-state index in [1.165, 1.54) is 0 Å². The lowest BCUT2D eigenvalue weighted by Crippen LogP contribution is -2.69. The monoisotopic (exact) mass is 628 g/mol. The van der Waals surface area contributed by atoms with Crippen molar-refractivity contribution in [1.82, 2.24) is 0 Å². The normalized spacial score (nSPS) is 12.4. The van der Waals surface area contributed by atoms with Crippen molar-refractivity contribution in [1.29, 1.82) is 0 Å². The molecule has 0 saturated heterocycles. The number of benzene rings is 5. The van der Waals surface area contributed by atoms with E-state index < -0.39 is 16.6 Å². The molecule has 0 bridgehead atoms. The van der Waals surface area contributed by atoms with Gasteiger partial charge in [0.15, 0.2) is 5.78 Å². The Bertz CT molecular complexity index is 1520. The van der Waals surface area contributed by atoms with Crippen molar-refractivity contribution >= 4 is 43.2 Å². The minimum Gasteiger partial charge on any atom is -0.533 e. The quantitative estimate of drug-likeness (QED) is 0.124. The van der Waals surface area contributed by atoms with Crippen LogP contribution in [0.2, 0.25) is 10.1 Å². The molecule has 0 fully saturated rings. The molecule has 5 rings (SSSR count). The van der Waals surface area contributed by atoms with E-state index in [1.807, 2.05) is 42.5 Å². The number of ketones is 1. The van der Waals surface area contributed by atoms with Crippen molar-refractivity contribution < 1.29 is 13.6 Å². The van der Waals surface area contributed by atoms with Crippen molar-refractivity contribution in [3.8, 4) is 11.5 Å². The molecule has 5 heteroatoms. The largest absolute Gasteiger partial charge is 0.533 e. The maximum atomic E-state index is 13.8. The van der Waals surface area contributed by atoms with Crippen LogP contribution < -0.4 is 29.6 Å². The smallest absolute Gasteiger partial charge is 0.319 e. The van der Waals surface area contributed by atoms with Gasteiger partial charge in [-0.3, -0.25) is 4.79 Å². The Labute approximate surface area is 271 Å². The molecule has 0 heterocycles. The van der Waals surface area contributed by atoms with Gasteiger partial charge in [0.2, 0.25) is 0 Å². The van der Waals surface area contributed by atoms with E-state index in [0.717, 1.165) is 20.7 Å². The number of carbonyl (C=O) groups excluding carboxylic acids is 1. The van der Waals surface area contributed by atoms with Crippen LogP contribution in [0.4, 0.5) is 0 Å². The van der Waals surface area contributed by atoms with Crippen molar-refractivity contribution in [2.24, 2.45) is 0 Å². The predicted molar refractivity (Wildman–Crippen MR) is 193 cm³/mol. The lowest BCUT2D eigenvalue weighted by atomic mass is 10.1. The molecule has 0 unspecified atom stereocenters. The molecular formula is C40H44O3Si2. The Balaban J connectivity index is 1.77. The van der Waals surface area contributed by atoms with Gasteiger partial charge in [0, 0.05) is 0 Å². The van der Waals surface area contributed by atoms with Gasteiger partial charge in [-0.1, -0.05) is 169 Å². The van der Waals surface area contributed by atoms with Crippen LogP contribution in [0.3, 0.4) is 0 Å². The van der Waals surface area contributed by atoms with E-state index in [2.05, 4.69) is 139 Å². The highest BCUT2D eigenvalue weighted by molar-refractivity contribution is 7.00. The van der Waals surface area contributed by atoms with Crippen LogP contribution in [0.25, 0.3) is 0 Å². The van der Waals surface area contributed by atoms with E-state index in [1.54, 1.807) is 6.92 Å². The number of hydrogen-bond acceptors (Lipinski definition) is 3. The second-order valence-electron chi connectivity index (χ2n) is 13.7. The van der Waals surface area contributed by atoms with Gasteiger partial charge >= 0.3 is 16.6 Å². The van der Waals surface area contributed by atoms with E-state index in [-0.39, 0.29) is 15.9 Å². The maximum absolute atomic E-state index is 13.8. The average molecular weight is 629 g/mol. The standard InChI is InChI=1S/C40H44O3Si2/c1-31(41)38-36(42-44(39(2,3)4,32-21-12-8-13-22-32)33-23-14-9-15-24-33)29-20-30-37(38)43-45(40(5,6)7,34-25-16-10-17-26-34)35-27-18-11-19-28-35/h8-30H,1-7H3. The molecule has 0 aromatic heterocycles. The summed E-state index contributed by atoms with van der Waals surface area (Å²) in [6, 6.07) is 47.9. The summed E-state index contributed by atoms with van der Waals surface area (Å²) < 4.78 is 14.9. The first-order valence-electron chi connectivity index (χ1n) is 15.7. The third-order valence-corrected chi connectivity index (χ3v) is 18.6. The summed E-state index contributed by atoms with van der Waals surface area (Å²) in [6.45, 7) is 15.1. The second-order valence-corrected chi connectivity index (χ2v) is 22.2. The van der Waals surface area contributed by atoms with Crippen molar-refractivity contribution in [3.63, 3.8) is 0 Å². The molecule has 45 heavy (non-hydrogen) atoms. The zero-order valence-corrected chi connectivity index (χ0v) is 29.5. The van der Waals surface area contributed by atoms with Gasteiger partial charge in [-0.2, -0.15) is 0 Å². The first-order valence-corrected chi connectivity index (χ1v) is 19.5.